The van der Waals surface area contributed by atoms with Crippen molar-refractivity contribution in [3.63, 3.8) is 0 Å². The Morgan fingerprint density at radius 2 is 2.42 bits per heavy atom. The Kier molecular flexibility index (Phi) is 1.41. The highest BCUT2D eigenvalue weighted by Gasteiger charge is 2.03. The van der Waals surface area contributed by atoms with E-state index < -0.39 is 0 Å². The molecular weight excluding hydrogens is 156 g/mol. The molecule has 6 heteroatoms. The molecule has 0 saturated heterocycles. The molecule has 2 heterocycles. The van der Waals surface area contributed by atoms with Crippen molar-refractivity contribution in [1.29, 1.82) is 0 Å². The van der Waals surface area contributed by atoms with Crippen molar-refractivity contribution in [2.24, 2.45) is 5.84 Å². The maximum absolute atomic E-state index is 5.29. The summed E-state index contributed by atoms with van der Waals surface area (Å²) in [5, 5.41) is 11.7. The lowest BCUT2D eigenvalue weighted by molar-refractivity contribution is 0.893. The van der Waals surface area contributed by atoms with Gasteiger partial charge in [0, 0.05) is 0 Å². The number of aromatic nitrogens is 4. The minimum absolute atomic E-state index is 0.628. The van der Waals surface area contributed by atoms with E-state index in [0.717, 1.165) is 11.4 Å². The van der Waals surface area contributed by atoms with E-state index in [-0.39, 0.29) is 0 Å². The monoisotopic (exact) mass is 164 g/mol. The summed E-state index contributed by atoms with van der Waals surface area (Å²) in [7, 11) is 0. The number of hydrogen-bond donors (Lipinski definition) is 2. The van der Waals surface area contributed by atoms with E-state index in [1.54, 1.807) is 4.52 Å². The summed E-state index contributed by atoms with van der Waals surface area (Å²) in [6.45, 7) is 1.88. The summed E-state index contributed by atoms with van der Waals surface area (Å²) in [6, 6.07) is 1.81. The van der Waals surface area contributed by atoms with Crippen LogP contribution in [0.15, 0.2) is 12.4 Å². The van der Waals surface area contributed by atoms with Crippen LogP contribution in [0.25, 0.3) is 5.65 Å². The lowest BCUT2D eigenvalue weighted by Crippen LogP contribution is -2.09. The first-order chi connectivity index (χ1) is 5.81. The zero-order chi connectivity index (χ0) is 8.55. The molecule has 2 rings (SSSR count). The van der Waals surface area contributed by atoms with E-state index >= 15 is 0 Å². The van der Waals surface area contributed by atoms with Gasteiger partial charge in [0.15, 0.2) is 0 Å². The fourth-order valence-corrected chi connectivity index (χ4v) is 1.06. The highest BCUT2D eigenvalue weighted by molar-refractivity contribution is 5.65. The van der Waals surface area contributed by atoms with Crippen molar-refractivity contribution in [3.05, 3.63) is 18.1 Å². The van der Waals surface area contributed by atoms with Gasteiger partial charge in [0.2, 0.25) is 5.65 Å². The maximum atomic E-state index is 5.29. The summed E-state index contributed by atoms with van der Waals surface area (Å²) < 4.78 is 1.57. The SMILES string of the molecule is Cc1cc(NN)c2nncn2n1. The lowest BCUT2D eigenvalue weighted by Gasteiger charge is -2.01. The molecule has 0 aliphatic heterocycles. The average molecular weight is 164 g/mol. The minimum atomic E-state index is 0.628. The molecule has 0 aromatic carbocycles. The topological polar surface area (TPSA) is 81.1 Å². The largest absolute Gasteiger partial charge is 0.321 e. The third kappa shape index (κ3) is 0.892. The molecule has 2 aromatic heterocycles. The summed E-state index contributed by atoms with van der Waals surface area (Å²) >= 11 is 0. The molecule has 0 amide bonds. The summed E-state index contributed by atoms with van der Waals surface area (Å²) in [5.41, 5.74) is 4.74. The predicted molar refractivity (Wildman–Crippen MR) is 43.3 cm³/mol. The van der Waals surface area contributed by atoms with Gasteiger partial charge in [-0.2, -0.15) is 9.61 Å². The van der Waals surface area contributed by atoms with Gasteiger partial charge in [-0.25, -0.2) is 0 Å². The number of rotatable bonds is 1. The fourth-order valence-electron chi connectivity index (χ4n) is 1.06. The van der Waals surface area contributed by atoms with Gasteiger partial charge in [-0.15, -0.1) is 10.2 Å². The number of aryl methyl sites for hydroxylation is 1. The van der Waals surface area contributed by atoms with Gasteiger partial charge in [0.1, 0.15) is 6.33 Å². The van der Waals surface area contributed by atoms with Gasteiger partial charge in [-0.05, 0) is 13.0 Å². The van der Waals surface area contributed by atoms with Crippen molar-refractivity contribution in [1.82, 2.24) is 19.8 Å². The molecule has 0 unspecified atom stereocenters. The smallest absolute Gasteiger partial charge is 0.201 e. The van der Waals surface area contributed by atoms with E-state index in [1.807, 2.05) is 13.0 Å². The quantitative estimate of drug-likeness (QED) is 0.447. The van der Waals surface area contributed by atoms with Crippen LogP contribution in [0.1, 0.15) is 5.69 Å². The number of nitrogen functional groups attached to an aromatic ring is 1. The van der Waals surface area contributed by atoms with Crippen molar-refractivity contribution < 1.29 is 0 Å². The Morgan fingerprint density at radius 3 is 3.17 bits per heavy atom. The molecule has 0 atom stereocenters. The van der Waals surface area contributed by atoms with Gasteiger partial charge in [-0.1, -0.05) is 0 Å². The highest BCUT2D eigenvalue weighted by Crippen LogP contribution is 2.11. The van der Waals surface area contributed by atoms with Crippen LogP contribution in [-0.4, -0.2) is 19.8 Å². The molecule has 0 aliphatic carbocycles. The first kappa shape index (κ1) is 6.99. The minimum Gasteiger partial charge on any atom is -0.321 e. The van der Waals surface area contributed by atoms with Crippen LogP contribution < -0.4 is 11.3 Å². The summed E-state index contributed by atoms with van der Waals surface area (Å²) in [5.74, 6) is 5.29. The second-order valence-electron chi connectivity index (χ2n) is 2.44. The van der Waals surface area contributed by atoms with Crippen molar-refractivity contribution in [2.75, 3.05) is 5.43 Å². The molecule has 0 fully saturated rings. The van der Waals surface area contributed by atoms with E-state index in [2.05, 4.69) is 20.7 Å². The van der Waals surface area contributed by atoms with E-state index in [4.69, 9.17) is 5.84 Å². The van der Waals surface area contributed by atoms with Crippen LogP contribution >= 0.6 is 0 Å². The molecule has 12 heavy (non-hydrogen) atoms. The van der Waals surface area contributed by atoms with Gasteiger partial charge in [-0.3, -0.25) is 5.84 Å². The van der Waals surface area contributed by atoms with Crippen LogP contribution in [0.5, 0.6) is 0 Å². The third-order valence-electron chi connectivity index (χ3n) is 1.55. The Labute approximate surface area is 68.4 Å². The maximum Gasteiger partial charge on any atom is 0.201 e. The Hall–Kier alpha value is -1.69. The number of nitrogens with one attached hydrogen (secondary N) is 1. The first-order valence-electron chi connectivity index (χ1n) is 3.45. The molecule has 0 spiro atoms. The summed E-state index contributed by atoms with van der Waals surface area (Å²) in [6.07, 6.45) is 1.53. The van der Waals surface area contributed by atoms with Crippen LogP contribution in [0, 0.1) is 6.92 Å². The number of hydrazine groups is 1. The molecule has 3 N–H and O–H groups in total. The van der Waals surface area contributed by atoms with E-state index in [0.29, 0.717) is 5.65 Å². The van der Waals surface area contributed by atoms with Crippen molar-refractivity contribution in [3.8, 4) is 0 Å². The zero-order valence-corrected chi connectivity index (χ0v) is 6.52. The summed E-state index contributed by atoms with van der Waals surface area (Å²) in [4.78, 5) is 0. The van der Waals surface area contributed by atoms with Crippen LogP contribution in [0.3, 0.4) is 0 Å². The second-order valence-corrected chi connectivity index (χ2v) is 2.44. The van der Waals surface area contributed by atoms with Crippen LogP contribution in [0.4, 0.5) is 5.69 Å². The third-order valence-corrected chi connectivity index (χ3v) is 1.55. The molecule has 0 radical (unpaired) electrons. The molecule has 0 bridgehead atoms. The van der Waals surface area contributed by atoms with Crippen molar-refractivity contribution >= 4 is 11.3 Å². The fraction of sp³-hybridized carbons (Fsp3) is 0.167. The Morgan fingerprint density at radius 1 is 1.58 bits per heavy atom. The van der Waals surface area contributed by atoms with E-state index in [9.17, 15) is 0 Å². The van der Waals surface area contributed by atoms with Gasteiger partial charge in [0.25, 0.3) is 0 Å². The lowest BCUT2D eigenvalue weighted by atomic mass is 10.4. The van der Waals surface area contributed by atoms with Gasteiger partial charge in [0.05, 0.1) is 11.4 Å². The van der Waals surface area contributed by atoms with Gasteiger partial charge < -0.3 is 5.43 Å². The molecule has 2 aromatic rings. The molecule has 0 aliphatic rings. The first-order valence-corrected chi connectivity index (χ1v) is 3.45. The normalized spacial score (nSPS) is 10.5. The molecule has 62 valence electrons. The Bertz CT molecular complexity index is 405. The highest BCUT2D eigenvalue weighted by atomic mass is 15.4. The molecule has 0 saturated carbocycles. The number of nitrogens with zero attached hydrogens (tertiary/aromatic N) is 4. The van der Waals surface area contributed by atoms with Gasteiger partial charge >= 0.3 is 0 Å². The van der Waals surface area contributed by atoms with Crippen molar-refractivity contribution in [2.45, 2.75) is 6.92 Å². The number of anilines is 1. The molecule has 6 nitrogen and oxygen atoms in total. The number of nitrogens with two attached hydrogens (primary N) is 1. The Balaban J connectivity index is 2.80. The average Bonchev–Trinajstić information content (AvgIpc) is 2.50. The zero-order valence-electron chi connectivity index (χ0n) is 6.52. The predicted octanol–water partition coefficient (Wildman–Crippen LogP) is -0.282. The van der Waals surface area contributed by atoms with Crippen LogP contribution in [0.2, 0.25) is 0 Å². The van der Waals surface area contributed by atoms with E-state index in [1.165, 1.54) is 6.33 Å². The molecular formula is C6H8N6. The van der Waals surface area contributed by atoms with Crippen LogP contribution in [-0.2, 0) is 0 Å². The number of hydrogen-bond acceptors (Lipinski definition) is 5. The standard InChI is InChI=1S/C6H8N6/c1-4-2-5(9-7)6-10-8-3-12(6)11-4/h2-3,9H,7H2,1H3. The number of fused-ring (bicyclic) bond motifs is 1. The second kappa shape index (κ2) is 2.42.